The summed E-state index contributed by atoms with van der Waals surface area (Å²) in [5, 5.41) is 2.78. The Kier molecular flexibility index (Phi) is 5.42. The fourth-order valence-electron chi connectivity index (χ4n) is 2.54. The maximum absolute atomic E-state index is 12.3. The van der Waals surface area contributed by atoms with Gasteiger partial charge in [0, 0.05) is 31.8 Å². The van der Waals surface area contributed by atoms with Gasteiger partial charge in [0.25, 0.3) is 5.91 Å². The molecular weight excluding hydrogens is 297 g/mol. The molecule has 0 spiro atoms. The van der Waals surface area contributed by atoms with E-state index in [9.17, 15) is 18.0 Å². The molecule has 1 heterocycles. The summed E-state index contributed by atoms with van der Waals surface area (Å²) in [5.41, 5.74) is 1.45. The lowest BCUT2D eigenvalue weighted by Gasteiger charge is -2.18. The van der Waals surface area contributed by atoms with Crippen LogP contribution in [0.15, 0.2) is 24.3 Å². The van der Waals surface area contributed by atoms with E-state index in [0.717, 1.165) is 5.56 Å². The Hall–Kier alpha value is -1.60. The van der Waals surface area contributed by atoms with Crippen LogP contribution < -0.4 is 5.32 Å². The summed E-state index contributed by atoms with van der Waals surface area (Å²) in [5.74, 6) is -0.261. The molecule has 1 aliphatic heterocycles. The number of likely N-dealkylation sites (tertiary alicyclic amines) is 1. The molecule has 1 atom stereocenters. The van der Waals surface area contributed by atoms with Gasteiger partial charge in [-0.25, -0.2) is 0 Å². The molecule has 1 N–H and O–H groups in total. The van der Waals surface area contributed by atoms with Crippen LogP contribution in [0.4, 0.5) is 13.2 Å². The number of halogens is 3. The summed E-state index contributed by atoms with van der Waals surface area (Å²) in [6.45, 7) is 0.117. The Labute approximate surface area is 127 Å². The molecule has 0 bridgehead atoms. The molecular formula is C15H19F3N2O2. The highest BCUT2D eigenvalue weighted by Gasteiger charge is 2.34. The molecule has 1 aromatic carbocycles. The van der Waals surface area contributed by atoms with Crippen molar-refractivity contribution in [1.82, 2.24) is 10.2 Å². The maximum atomic E-state index is 12.3. The number of carbonyl (C=O) groups excluding carboxylic acids is 1. The number of benzene rings is 1. The molecule has 0 radical (unpaired) electrons. The molecule has 7 heteroatoms. The number of amides is 1. The third kappa shape index (κ3) is 4.99. The Morgan fingerprint density at radius 3 is 2.64 bits per heavy atom. The Morgan fingerprint density at radius 2 is 2.05 bits per heavy atom. The van der Waals surface area contributed by atoms with Crippen LogP contribution >= 0.6 is 0 Å². The monoisotopic (exact) mass is 316 g/mol. The van der Waals surface area contributed by atoms with Crippen LogP contribution in [0.5, 0.6) is 0 Å². The first-order valence-electron chi connectivity index (χ1n) is 7.05. The summed E-state index contributed by atoms with van der Waals surface area (Å²) in [7, 11) is 1.59. The smallest absolute Gasteiger partial charge is 0.380 e. The molecule has 1 saturated heterocycles. The lowest BCUT2D eigenvalue weighted by Crippen LogP contribution is -2.39. The fourth-order valence-corrected chi connectivity index (χ4v) is 2.54. The molecule has 0 saturated carbocycles. The summed E-state index contributed by atoms with van der Waals surface area (Å²) < 4.78 is 42.0. The number of methoxy groups -OCH3 is 1. The van der Waals surface area contributed by atoms with Crippen molar-refractivity contribution in [2.45, 2.75) is 25.2 Å². The second kappa shape index (κ2) is 7.11. The number of alkyl halides is 3. The van der Waals surface area contributed by atoms with Gasteiger partial charge in [0.1, 0.15) is 0 Å². The topological polar surface area (TPSA) is 41.6 Å². The van der Waals surface area contributed by atoms with Crippen LogP contribution in [0.3, 0.4) is 0 Å². The number of ether oxygens (including phenoxy) is 1. The molecule has 0 aromatic heterocycles. The van der Waals surface area contributed by atoms with Gasteiger partial charge in [-0.2, -0.15) is 13.2 Å². The van der Waals surface area contributed by atoms with Crippen molar-refractivity contribution < 1.29 is 22.7 Å². The quantitative estimate of drug-likeness (QED) is 0.905. The first-order valence-corrected chi connectivity index (χ1v) is 7.05. The third-order valence-corrected chi connectivity index (χ3v) is 3.54. The molecule has 1 fully saturated rings. The molecule has 0 aliphatic carbocycles. The van der Waals surface area contributed by atoms with Crippen LogP contribution in [0.25, 0.3) is 0 Å². The predicted molar refractivity (Wildman–Crippen MR) is 75.5 cm³/mol. The van der Waals surface area contributed by atoms with Gasteiger partial charge < -0.3 is 10.1 Å². The standard InChI is InChI=1S/C15H19F3N2O2/c1-22-9-11-2-4-12(5-3-11)14(21)19-13-6-7-20(8-13)10-15(16,17)18/h2-5,13H,6-10H2,1H3,(H,19,21). The van der Waals surface area contributed by atoms with E-state index in [4.69, 9.17) is 4.74 Å². The normalized spacial score (nSPS) is 19.4. The second-order valence-corrected chi connectivity index (χ2v) is 5.44. The van der Waals surface area contributed by atoms with E-state index in [-0.39, 0.29) is 18.5 Å². The van der Waals surface area contributed by atoms with Gasteiger partial charge in [-0.3, -0.25) is 9.69 Å². The minimum absolute atomic E-state index is 0.229. The minimum Gasteiger partial charge on any atom is -0.380 e. The first kappa shape index (κ1) is 16.8. The van der Waals surface area contributed by atoms with E-state index in [1.54, 1.807) is 31.4 Å². The van der Waals surface area contributed by atoms with Crippen molar-refractivity contribution >= 4 is 5.91 Å². The summed E-state index contributed by atoms with van der Waals surface area (Å²) >= 11 is 0. The van der Waals surface area contributed by atoms with E-state index in [2.05, 4.69) is 5.32 Å². The number of carbonyl (C=O) groups is 1. The molecule has 1 amide bonds. The zero-order valence-corrected chi connectivity index (χ0v) is 12.3. The Balaban J connectivity index is 1.85. The SMILES string of the molecule is COCc1ccc(C(=O)NC2CCN(CC(F)(F)F)C2)cc1. The van der Waals surface area contributed by atoms with Gasteiger partial charge in [-0.1, -0.05) is 12.1 Å². The van der Waals surface area contributed by atoms with E-state index >= 15 is 0 Å². The Bertz CT molecular complexity index is 503. The van der Waals surface area contributed by atoms with Gasteiger partial charge in [-0.05, 0) is 24.1 Å². The van der Waals surface area contributed by atoms with Crippen molar-refractivity contribution in [2.24, 2.45) is 0 Å². The minimum atomic E-state index is -4.20. The largest absolute Gasteiger partial charge is 0.401 e. The van der Waals surface area contributed by atoms with Crippen molar-refractivity contribution in [3.05, 3.63) is 35.4 Å². The zero-order chi connectivity index (χ0) is 16.2. The summed E-state index contributed by atoms with van der Waals surface area (Å²) in [6.07, 6.45) is -3.67. The average Bonchev–Trinajstić information content (AvgIpc) is 2.84. The van der Waals surface area contributed by atoms with Crippen LogP contribution in [0, 0.1) is 0 Å². The summed E-state index contributed by atoms with van der Waals surface area (Å²) in [6, 6.07) is 6.72. The lowest BCUT2D eigenvalue weighted by molar-refractivity contribution is -0.143. The number of nitrogens with one attached hydrogen (secondary N) is 1. The highest BCUT2D eigenvalue weighted by molar-refractivity contribution is 5.94. The maximum Gasteiger partial charge on any atom is 0.401 e. The van der Waals surface area contributed by atoms with Crippen LogP contribution in [0.2, 0.25) is 0 Å². The molecule has 1 aliphatic rings. The van der Waals surface area contributed by atoms with Gasteiger partial charge in [0.15, 0.2) is 0 Å². The summed E-state index contributed by atoms with van der Waals surface area (Å²) in [4.78, 5) is 13.4. The predicted octanol–water partition coefficient (Wildman–Crippen LogP) is 2.20. The molecule has 1 aromatic rings. The van der Waals surface area contributed by atoms with Crippen LogP contribution in [-0.4, -0.2) is 49.8 Å². The molecule has 2 rings (SSSR count). The van der Waals surface area contributed by atoms with Crippen LogP contribution in [0.1, 0.15) is 22.3 Å². The second-order valence-electron chi connectivity index (χ2n) is 5.44. The highest BCUT2D eigenvalue weighted by atomic mass is 19.4. The Morgan fingerprint density at radius 1 is 1.36 bits per heavy atom. The van der Waals surface area contributed by atoms with Gasteiger partial charge in [-0.15, -0.1) is 0 Å². The van der Waals surface area contributed by atoms with Crippen molar-refractivity contribution in [2.75, 3.05) is 26.7 Å². The van der Waals surface area contributed by atoms with Crippen molar-refractivity contribution in [3.8, 4) is 0 Å². The number of rotatable bonds is 5. The lowest BCUT2D eigenvalue weighted by atomic mass is 10.1. The number of hydrogen-bond acceptors (Lipinski definition) is 3. The van der Waals surface area contributed by atoms with Gasteiger partial charge >= 0.3 is 6.18 Å². The van der Waals surface area contributed by atoms with Gasteiger partial charge in [0.05, 0.1) is 13.2 Å². The number of nitrogens with zero attached hydrogens (tertiary/aromatic N) is 1. The zero-order valence-electron chi connectivity index (χ0n) is 12.3. The molecule has 122 valence electrons. The fraction of sp³-hybridized carbons (Fsp3) is 0.533. The average molecular weight is 316 g/mol. The van der Waals surface area contributed by atoms with Crippen molar-refractivity contribution in [1.29, 1.82) is 0 Å². The highest BCUT2D eigenvalue weighted by Crippen LogP contribution is 2.20. The van der Waals surface area contributed by atoms with Crippen molar-refractivity contribution in [3.63, 3.8) is 0 Å². The van der Waals surface area contributed by atoms with Crippen LogP contribution in [-0.2, 0) is 11.3 Å². The van der Waals surface area contributed by atoms with E-state index < -0.39 is 12.7 Å². The van der Waals surface area contributed by atoms with E-state index in [1.165, 1.54) is 4.90 Å². The third-order valence-electron chi connectivity index (χ3n) is 3.54. The molecule has 4 nitrogen and oxygen atoms in total. The molecule has 22 heavy (non-hydrogen) atoms. The first-order chi connectivity index (χ1) is 10.4. The van der Waals surface area contributed by atoms with E-state index in [1.807, 2.05) is 0 Å². The molecule has 1 unspecified atom stereocenters. The van der Waals surface area contributed by atoms with Gasteiger partial charge in [0.2, 0.25) is 0 Å². The number of hydrogen-bond donors (Lipinski definition) is 1. The van der Waals surface area contributed by atoms with E-state index in [0.29, 0.717) is 25.1 Å².